The van der Waals surface area contributed by atoms with Crippen molar-refractivity contribution in [3.8, 4) is 6.07 Å². The molecule has 0 atom stereocenters. The molecule has 126 valence electrons. The van der Waals surface area contributed by atoms with Gasteiger partial charge in [0.25, 0.3) is 0 Å². The fraction of sp³-hybridized carbons (Fsp3) is 0.263. The third-order valence-electron chi connectivity index (χ3n) is 4.26. The van der Waals surface area contributed by atoms with E-state index in [1.807, 2.05) is 12.1 Å². The Bertz CT molecular complexity index is 796. The van der Waals surface area contributed by atoms with Gasteiger partial charge in [0.1, 0.15) is 6.54 Å². The standard InChI is InChI=1S/C19H18N4O2/c20-13-16-1-4-17(5-2-16)23-12-11-22(14-19(23)25)18(24)6-3-15-7-9-21-10-8-15/h1-2,4-5,7-10H,3,6,11-12,14H2. The second-order valence-corrected chi connectivity index (χ2v) is 5.87. The van der Waals surface area contributed by atoms with Gasteiger partial charge in [-0.1, -0.05) is 0 Å². The van der Waals surface area contributed by atoms with Crippen LogP contribution in [0.25, 0.3) is 0 Å². The molecule has 6 nitrogen and oxygen atoms in total. The van der Waals surface area contributed by atoms with E-state index < -0.39 is 0 Å². The Kier molecular flexibility index (Phi) is 5.05. The number of amides is 2. The van der Waals surface area contributed by atoms with Crippen LogP contribution in [-0.4, -0.2) is 41.3 Å². The van der Waals surface area contributed by atoms with E-state index in [-0.39, 0.29) is 18.4 Å². The summed E-state index contributed by atoms with van der Waals surface area (Å²) in [6.45, 7) is 1.07. The van der Waals surface area contributed by atoms with Gasteiger partial charge in [-0.2, -0.15) is 5.26 Å². The van der Waals surface area contributed by atoms with Crippen molar-refractivity contribution in [2.24, 2.45) is 0 Å². The van der Waals surface area contributed by atoms with E-state index in [1.54, 1.807) is 46.5 Å². The second-order valence-electron chi connectivity index (χ2n) is 5.87. The zero-order chi connectivity index (χ0) is 17.6. The van der Waals surface area contributed by atoms with Crippen LogP contribution in [-0.2, 0) is 16.0 Å². The molecule has 1 aromatic carbocycles. The third-order valence-corrected chi connectivity index (χ3v) is 4.26. The topological polar surface area (TPSA) is 77.3 Å². The highest BCUT2D eigenvalue weighted by Gasteiger charge is 2.27. The van der Waals surface area contributed by atoms with Crippen LogP contribution < -0.4 is 4.90 Å². The van der Waals surface area contributed by atoms with Crippen LogP contribution in [0.2, 0.25) is 0 Å². The molecule has 0 bridgehead atoms. The highest BCUT2D eigenvalue weighted by Crippen LogP contribution is 2.18. The molecule has 2 aromatic rings. The third kappa shape index (κ3) is 4.01. The number of carbonyl (C=O) groups excluding carboxylic acids is 2. The number of aromatic nitrogens is 1. The van der Waals surface area contributed by atoms with Crippen molar-refractivity contribution in [2.75, 3.05) is 24.5 Å². The van der Waals surface area contributed by atoms with Crippen molar-refractivity contribution in [3.05, 3.63) is 59.9 Å². The number of hydrogen-bond acceptors (Lipinski definition) is 4. The summed E-state index contributed by atoms with van der Waals surface area (Å²) in [5, 5.41) is 8.84. The summed E-state index contributed by atoms with van der Waals surface area (Å²) in [7, 11) is 0. The highest BCUT2D eigenvalue weighted by molar-refractivity contribution is 5.98. The summed E-state index contributed by atoms with van der Waals surface area (Å²) in [6.07, 6.45) is 4.44. The molecule has 0 radical (unpaired) electrons. The Morgan fingerprint density at radius 1 is 1.12 bits per heavy atom. The van der Waals surface area contributed by atoms with Crippen molar-refractivity contribution < 1.29 is 9.59 Å². The van der Waals surface area contributed by atoms with Gasteiger partial charge in [0, 0.05) is 37.6 Å². The normalized spacial score (nSPS) is 14.3. The van der Waals surface area contributed by atoms with Crippen LogP contribution in [0.4, 0.5) is 5.69 Å². The lowest BCUT2D eigenvalue weighted by atomic mass is 10.1. The number of hydrogen-bond donors (Lipinski definition) is 0. The van der Waals surface area contributed by atoms with Crippen molar-refractivity contribution in [3.63, 3.8) is 0 Å². The number of piperazine rings is 1. The predicted molar refractivity (Wildman–Crippen MR) is 92.6 cm³/mol. The van der Waals surface area contributed by atoms with Crippen LogP contribution in [0.3, 0.4) is 0 Å². The van der Waals surface area contributed by atoms with Crippen LogP contribution >= 0.6 is 0 Å². The largest absolute Gasteiger partial charge is 0.332 e. The summed E-state index contributed by atoms with van der Waals surface area (Å²) in [5.74, 6) is -0.113. The molecular weight excluding hydrogens is 316 g/mol. The van der Waals surface area contributed by atoms with Gasteiger partial charge in [-0.15, -0.1) is 0 Å². The van der Waals surface area contributed by atoms with Gasteiger partial charge in [0.2, 0.25) is 11.8 Å². The molecule has 1 saturated heterocycles. The Morgan fingerprint density at radius 2 is 1.84 bits per heavy atom. The molecule has 1 fully saturated rings. The summed E-state index contributed by atoms with van der Waals surface area (Å²) >= 11 is 0. The molecule has 0 saturated carbocycles. The lowest BCUT2D eigenvalue weighted by molar-refractivity contribution is -0.136. The van der Waals surface area contributed by atoms with E-state index in [0.29, 0.717) is 31.5 Å². The van der Waals surface area contributed by atoms with Crippen molar-refractivity contribution >= 4 is 17.5 Å². The zero-order valence-corrected chi connectivity index (χ0v) is 13.8. The van der Waals surface area contributed by atoms with E-state index in [2.05, 4.69) is 11.1 Å². The molecule has 1 aliphatic heterocycles. The first kappa shape index (κ1) is 16.7. The molecule has 2 amide bonds. The number of rotatable bonds is 4. The molecule has 1 aliphatic rings. The van der Waals surface area contributed by atoms with E-state index >= 15 is 0 Å². The summed E-state index contributed by atoms with van der Waals surface area (Å²) in [4.78, 5) is 32.0. The van der Waals surface area contributed by atoms with Gasteiger partial charge >= 0.3 is 0 Å². The molecule has 0 N–H and O–H groups in total. The number of pyridine rings is 1. The summed E-state index contributed by atoms with van der Waals surface area (Å²) < 4.78 is 0. The molecule has 0 unspecified atom stereocenters. The maximum absolute atomic E-state index is 12.4. The highest BCUT2D eigenvalue weighted by atomic mass is 16.2. The van der Waals surface area contributed by atoms with Crippen molar-refractivity contribution in [1.82, 2.24) is 9.88 Å². The molecule has 2 heterocycles. The van der Waals surface area contributed by atoms with Crippen LogP contribution in [0.1, 0.15) is 17.5 Å². The van der Waals surface area contributed by atoms with Gasteiger partial charge < -0.3 is 9.80 Å². The number of nitriles is 1. The minimum absolute atomic E-state index is 0.00959. The number of carbonyl (C=O) groups is 2. The first-order valence-electron chi connectivity index (χ1n) is 8.14. The molecule has 3 rings (SSSR count). The monoisotopic (exact) mass is 334 g/mol. The zero-order valence-electron chi connectivity index (χ0n) is 13.8. The van der Waals surface area contributed by atoms with Gasteiger partial charge in [-0.05, 0) is 48.4 Å². The lowest BCUT2D eigenvalue weighted by Crippen LogP contribution is -2.52. The smallest absolute Gasteiger partial charge is 0.246 e. The average Bonchev–Trinajstić information content (AvgIpc) is 2.67. The molecule has 0 spiro atoms. The summed E-state index contributed by atoms with van der Waals surface area (Å²) in [6, 6.07) is 12.7. The van der Waals surface area contributed by atoms with Gasteiger partial charge in [0.05, 0.1) is 11.6 Å². The number of aryl methyl sites for hydroxylation is 1. The lowest BCUT2D eigenvalue weighted by Gasteiger charge is -2.34. The molecular formula is C19H18N4O2. The fourth-order valence-corrected chi connectivity index (χ4v) is 2.83. The van der Waals surface area contributed by atoms with E-state index in [1.165, 1.54) is 0 Å². The van der Waals surface area contributed by atoms with Gasteiger partial charge in [-0.25, -0.2) is 0 Å². The van der Waals surface area contributed by atoms with Gasteiger partial charge in [-0.3, -0.25) is 14.6 Å². The Hall–Kier alpha value is -3.20. The van der Waals surface area contributed by atoms with Crippen LogP contribution in [0.5, 0.6) is 0 Å². The quantitative estimate of drug-likeness (QED) is 0.854. The maximum atomic E-state index is 12.4. The average molecular weight is 334 g/mol. The molecule has 1 aromatic heterocycles. The Labute approximate surface area is 146 Å². The van der Waals surface area contributed by atoms with Crippen LogP contribution in [0.15, 0.2) is 48.8 Å². The Morgan fingerprint density at radius 3 is 2.48 bits per heavy atom. The van der Waals surface area contributed by atoms with Crippen molar-refractivity contribution in [1.29, 1.82) is 5.26 Å². The first-order chi connectivity index (χ1) is 12.2. The van der Waals surface area contributed by atoms with Gasteiger partial charge in [0.15, 0.2) is 0 Å². The fourth-order valence-electron chi connectivity index (χ4n) is 2.83. The molecule has 6 heteroatoms. The summed E-state index contributed by atoms with van der Waals surface area (Å²) in [5.41, 5.74) is 2.37. The van der Waals surface area contributed by atoms with E-state index in [0.717, 1.165) is 11.3 Å². The number of anilines is 1. The minimum atomic E-state index is -0.104. The van der Waals surface area contributed by atoms with Crippen molar-refractivity contribution in [2.45, 2.75) is 12.8 Å². The second kappa shape index (κ2) is 7.58. The minimum Gasteiger partial charge on any atom is -0.332 e. The van der Waals surface area contributed by atoms with E-state index in [9.17, 15) is 9.59 Å². The maximum Gasteiger partial charge on any atom is 0.246 e. The molecule has 0 aliphatic carbocycles. The van der Waals surface area contributed by atoms with E-state index in [4.69, 9.17) is 5.26 Å². The number of benzene rings is 1. The Balaban J connectivity index is 1.56. The van der Waals surface area contributed by atoms with Crippen LogP contribution in [0, 0.1) is 11.3 Å². The first-order valence-corrected chi connectivity index (χ1v) is 8.14. The SMILES string of the molecule is N#Cc1ccc(N2CCN(C(=O)CCc3ccncc3)CC2=O)cc1. The molecule has 25 heavy (non-hydrogen) atoms. The number of nitrogens with zero attached hydrogens (tertiary/aromatic N) is 4. The predicted octanol–water partition coefficient (Wildman–Crippen LogP) is 1.76.